The summed E-state index contributed by atoms with van der Waals surface area (Å²) in [5.74, 6) is -4.56. The molecule has 3 N–H and O–H groups in total. The van der Waals surface area contributed by atoms with Crippen molar-refractivity contribution in [2.24, 2.45) is 0 Å². The number of nitrogen functional groups attached to an aromatic ring is 1. The first-order valence-electron chi connectivity index (χ1n) is 8.20. The van der Waals surface area contributed by atoms with E-state index in [0.29, 0.717) is 11.8 Å². The van der Waals surface area contributed by atoms with Crippen LogP contribution in [0.5, 0.6) is 0 Å². The third-order valence-corrected chi connectivity index (χ3v) is 4.20. The standard InChI is InChI=1S/C20H15F4N3O/c1-10-2-3-15(14(21)6-10)27-19-13(9-28)8-12(16(22)18(19)24)7-11-4-5-26-20(25)17(11)23/h2-6,8-9,27H,7H2,1H3,(H2,25,26). The predicted octanol–water partition coefficient (Wildman–Crippen LogP) is 4.68. The lowest BCUT2D eigenvalue weighted by atomic mass is 10.0. The van der Waals surface area contributed by atoms with Gasteiger partial charge in [-0.05, 0) is 47.9 Å². The number of aldehydes is 1. The third kappa shape index (κ3) is 3.66. The molecule has 0 saturated carbocycles. The van der Waals surface area contributed by atoms with Crippen LogP contribution in [0.4, 0.5) is 34.8 Å². The Hall–Kier alpha value is -3.42. The Labute approximate surface area is 158 Å². The SMILES string of the molecule is Cc1ccc(Nc2c(C=O)cc(Cc3ccnc(N)c3F)c(F)c2F)c(F)c1. The molecule has 4 nitrogen and oxygen atoms in total. The van der Waals surface area contributed by atoms with E-state index >= 15 is 0 Å². The molecule has 0 bridgehead atoms. The number of benzene rings is 2. The molecule has 0 aliphatic heterocycles. The maximum absolute atomic E-state index is 14.6. The van der Waals surface area contributed by atoms with E-state index < -0.39 is 29.0 Å². The van der Waals surface area contributed by atoms with Gasteiger partial charge < -0.3 is 11.1 Å². The molecule has 1 heterocycles. The van der Waals surface area contributed by atoms with Crippen molar-refractivity contribution in [2.45, 2.75) is 13.3 Å². The van der Waals surface area contributed by atoms with Crippen molar-refractivity contribution >= 4 is 23.5 Å². The number of aromatic nitrogens is 1. The van der Waals surface area contributed by atoms with Gasteiger partial charge in [0.2, 0.25) is 0 Å². The smallest absolute Gasteiger partial charge is 0.183 e. The van der Waals surface area contributed by atoms with Crippen LogP contribution in [0.3, 0.4) is 0 Å². The van der Waals surface area contributed by atoms with Gasteiger partial charge in [0.05, 0.1) is 11.4 Å². The fraction of sp³-hybridized carbons (Fsp3) is 0.100. The number of halogens is 4. The maximum Gasteiger partial charge on any atom is 0.183 e. The summed E-state index contributed by atoms with van der Waals surface area (Å²) in [6.45, 7) is 1.67. The summed E-state index contributed by atoms with van der Waals surface area (Å²) in [6.07, 6.45) is 1.19. The highest BCUT2D eigenvalue weighted by molar-refractivity contribution is 5.87. The lowest BCUT2D eigenvalue weighted by molar-refractivity contribution is 0.112. The van der Waals surface area contributed by atoms with Crippen molar-refractivity contribution in [1.29, 1.82) is 0 Å². The molecule has 0 unspecified atom stereocenters. The highest BCUT2D eigenvalue weighted by Gasteiger charge is 2.21. The highest BCUT2D eigenvalue weighted by atomic mass is 19.2. The highest BCUT2D eigenvalue weighted by Crippen LogP contribution is 2.30. The van der Waals surface area contributed by atoms with E-state index in [-0.39, 0.29) is 34.6 Å². The number of carbonyl (C=O) groups is 1. The van der Waals surface area contributed by atoms with E-state index in [1.165, 1.54) is 24.4 Å². The predicted molar refractivity (Wildman–Crippen MR) is 97.6 cm³/mol. The van der Waals surface area contributed by atoms with Gasteiger partial charge in [-0.3, -0.25) is 4.79 Å². The molecule has 0 aliphatic rings. The second kappa shape index (κ2) is 7.67. The Morgan fingerprint density at radius 3 is 2.46 bits per heavy atom. The number of anilines is 3. The first-order chi connectivity index (χ1) is 13.3. The van der Waals surface area contributed by atoms with Gasteiger partial charge >= 0.3 is 0 Å². The van der Waals surface area contributed by atoms with Gasteiger partial charge in [0.25, 0.3) is 0 Å². The number of hydrogen-bond donors (Lipinski definition) is 2. The van der Waals surface area contributed by atoms with Gasteiger partial charge in [-0.15, -0.1) is 0 Å². The molecular formula is C20H15F4N3O. The molecule has 0 saturated heterocycles. The summed E-state index contributed by atoms with van der Waals surface area (Å²) in [4.78, 5) is 15.0. The first-order valence-corrected chi connectivity index (χ1v) is 8.20. The zero-order valence-corrected chi connectivity index (χ0v) is 14.7. The normalized spacial score (nSPS) is 10.8. The summed E-state index contributed by atoms with van der Waals surface area (Å²) in [5.41, 5.74) is 4.90. The summed E-state index contributed by atoms with van der Waals surface area (Å²) in [7, 11) is 0. The van der Waals surface area contributed by atoms with Gasteiger partial charge in [-0.1, -0.05) is 6.07 Å². The molecule has 0 radical (unpaired) electrons. The van der Waals surface area contributed by atoms with Crippen molar-refractivity contribution in [2.75, 3.05) is 11.1 Å². The van der Waals surface area contributed by atoms with E-state index in [9.17, 15) is 22.4 Å². The molecular weight excluding hydrogens is 374 g/mol. The second-order valence-electron chi connectivity index (χ2n) is 6.20. The van der Waals surface area contributed by atoms with Crippen LogP contribution in [-0.4, -0.2) is 11.3 Å². The molecule has 2 aromatic carbocycles. The minimum Gasteiger partial charge on any atom is -0.381 e. The van der Waals surface area contributed by atoms with E-state index in [4.69, 9.17) is 5.73 Å². The van der Waals surface area contributed by atoms with Crippen LogP contribution in [-0.2, 0) is 6.42 Å². The maximum atomic E-state index is 14.6. The molecule has 0 atom stereocenters. The van der Waals surface area contributed by atoms with Gasteiger partial charge in [-0.2, -0.15) is 0 Å². The quantitative estimate of drug-likeness (QED) is 0.491. The number of carbonyl (C=O) groups excluding carboxylic acids is 1. The number of aryl methyl sites for hydroxylation is 1. The van der Waals surface area contributed by atoms with Gasteiger partial charge in [0.15, 0.2) is 29.6 Å². The molecule has 0 fully saturated rings. The molecule has 1 aromatic heterocycles. The first kappa shape index (κ1) is 19.3. The Balaban J connectivity index is 2.03. The molecule has 28 heavy (non-hydrogen) atoms. The number of nitrogens with one attached hydrogen (secondary N) is 1. The Bertz CT molecular complexity index is 1070. The summed E-state index contributed by atoms with van der Waals surface area (Å²) < 4.78 is 57.3. The number of rotatable bonds is 5. The van der Waals surface area contributed by atoms with E-state index in [1.807, 2.05) is 0 Å². The Morgan fingerprint density at radius 2 is 1.79 bits per heavy atom. The molecule has 3 rings (SSSR count). The average Bonchev–Trinajstić information content (AvgIpc) is 2.66. The van der Waals surface area contributed by atoms with Crippen LogP contribution in [0, 0.1) is 30.2 Å². The Kier molecular flexibility index (Phi) is 5.30. The Morgan fingerprint density at radius 1 is 1.04 bits per heavy atom. The van der Waals surface area contributed by atoms with Crippen LogP contribution >= 0.6 is 0 Å². The van der Waals surface area contributed by atoms with Crippen LogP contribution in [0.1, 0.15) is 27.0 Å². The lowest BCUT2D eigenvalue weighted by Crippen LogP contribution is -2.08. The number of pyridine rings is 1. The van der Waals surface area contributed by atoms with E-state index in [1.54, 1.807) is 13.0 Å². The van der Waals surface area contributed by atoms with Crippen molar-refractivity contribution in [3.05, 3.63) is 82.1 Å². The van der Waals surface area contributed by atoms with Crippen LogP contribution in [0.25, 0.3) is 0 Å². The zero-order chi connectivity index (χ0) is 20.4. The van der Waals surface area contributed by atoms with Crippen LogP contribution < -0.4 is 11.1 Å². The molecule has 8 heteroatoms. The summed E-state index contributed by atoms with van der Waals surface area (Å²) in [5, 5.41) is 2.41. The summed E-state index contributed by atoms with van der Waals surface area (Å²) >= 11 is 0. The molecule has 144 valence electrons. The fourth-order valence-electron chi connectivity index (χ4n) is 2.75. The van der Waals surface area contributed by atoms with Gasteiger partial charge in [0.1, 0.15) is 5.82 Å². The lowest BCUT2D eigenvalue weighted by Gasteiger charge is -2.15. The van der Waals surface area contributed by atoms with Crippen molar-refractivity contribution in [1.82, 2.24) is 4.98 Å². The minimum atomic E-state index is -1.37. The van der Waals surface area contributed by atoms with Crippen LogP contribution in [0.15, 0.2) is 36.5 Å². The molecule has 0 spiro atoms. The van der Waals surface area contributed by atoms with Crippen molar-refractivity contribution in [3.63, 3.8) is 0 Å². The average molecular weight is 389 g/mol. The monoisotopic (exact) mass is 389 g/mol. The molecule has 0 amide bonds. The number of nitrogens with zero attached hydrogens (tertiary/aromatic N) is 1. The summed E-state index contributed by atoms with van der Waals surface area (Å²) in [6, 6.07) is 6.49. The molecule has 0 aliphatic carbocycles. The van der Waals surface area contributed by atoms with Crippen molar-refractivity contribution in [3.8, 4) is 0 Å². The van der Waals surface area contributed by atoms with E-state index in [2.05, 4.69) is 10.3 Å². The minimum absolute atomic E-state index is 0.00654. The zero-order valence-electron chi connectivity index (χ0n) is 14.7. The van der Waals surface area contributed by atoms with Gasteiger partial charge in [0, 0.05) is 18.2 Å². The molecule has 3 aromatic rings. The third-order valence-electron chi connectivity index (χ3n) is 4.20. The number of nitrogens with two attached hydrogens (primary N) is 1. The van der Waals surface area contributed by atoms with E-state index in [0.717, 1.165) is 6.07 Å². The largest absolute Gasteiger partial charge is 0.381 e. The topological polar surface area (TPSA) is 68.0 Å². The second-order valence-corrected chi connectivity index (χ2v) is 6.20. The number of hydrogen-bond acceptors (Lipinski definition) is 4. The van der Waals surface area contributed by atoms with Gasteiger partial charge in [-0.25, -0.2) is 22.5 Å². The van der Waals surface area contributed by atoms with Crippen LogP contribution in [0.2, 0.25) is 0 Å². The van der Waals surface area contributed by atoms with Crippen molar-refractivity contribution < 1.29 is 22.4 Å². The fourth-order valence-corrected chi connectivity index (χ4v) is 2.75.